The SMILES string of the molecule is CCS(=O)(=O)Oc1cccc(CN(Cc2ccco2)C(=O)CCc2ccccc2)c1. The molecule has 30 heavy (non-hydrogen) atoms. The molecule has 3 rings (SSSR count). The average Bonchev–Trinajstić information content (AvgIpc) is 3.25. The highest BCUT2D eigenvalue weighted by Crippen LogP contribution is 2.19. The van der Waals surface area contributed by atoms with E-state index in [1.54, 1.807) is 35.4 Å². The summed E-state index contributed by atoms with van der Waals surface area (Å²) >= 11 is 0. The van der Waals surface area contributed by atoms with Crippen LogP contribution in [0.15, 0.2) is 77.4 Å². The number of benzene rings is 2. The molecule has 1 heterocycles. The molecule has 0 saturated carbocycles. The molecule has 1 aromatic heterocycles. The topological polar surface area (TPSA) is 76.8 Å². The molecule has 0 aliphatic heterocycles. The minimum atomic E-state index is -3.61. The summed E-state index contributed by atoms with van der Waals surface area (Å²) < 4.78 is 34.0. The lowest BCUT2D eigenvalue weighted by atomic mass is 10.1. The van der Waals surface area contributed by atoms with Crippen LogP contribution in [0.2, 0.25) is 0 Å². The third-order valence-corrected chi connectivity index (χ3v) is 5.75. The number of hydrogen-bond acceptors (Lipinski definition) is 5. The summed E-state index contributed by atoms with van der Waals surface area (Å²) in [6.07, 6.45) is 2.59. The van der Waals surface area contributed by atoms with Crippen molar-refractivity contribution in [2.45, 2.75) is 32.9 Å². The largest absolute Gasteiger partial charge is 0.467 e. The number of rotatable bonds is 10. The van der Waals surface area contributed by atoms with Gasteiger partial charge in [-0.1, -0.05) is 42.5 Å². The van der Waals surface area contributed by atoms with E-state index in [1.807, 2.05) is 42.5 Å². The maximum absolute atomic E-state index is 13.0. The third kappa shape index (κ3) is 6.49. The van der Waals surface area contributed by atoms with Crippen molar-refractivity contribution < 1.29 is 21.8 Å². The lowest BCUT2D eigenvalue weighted by Crippen LogP contribution is -2.30. The number of hydrogen-bond donors (Lipinski definition) is 0. The van der Waals surface area contributed by atoms with Crippen molar-refractivity contribution in [3.63, 3.8) is 0 Å². The smallest absolute Gasteiger partial charge is 0.308 e. The molecule has 0 atom stereocenters. The van der Waals surface area contributed by atoms with E-state index >= 15 is 0 Å². The molecule has 0 saturated heterocycles. The van der Waals surface area contributed by atoms with E-state index in [1.165, 1.54) is 6.92 Å². The van der Waals surface area contributed by atoms with Gasteiger partial charge in [-0.15, -0.1) is 0 Å². The van der Waals surface area contributed by atoms with E-state index in [-0.39, 0.29) is 17.4 Å². The van der Waals surface area contributed by atoms with Crippen LogP contribution in [0.5, 0.6) is 5.75 Å². The molecule has 0 unspecified atom stereocenters. The van der Waals surface area contributed by atoms with Gasteiger partial charge in [-0.05, 0) is 48.7 Å². The van der Waals surface area contributed by atoms with Gasteiger partial charge in [-0.2, -0.15) is 8.42 Å². The van der Waals surface area contributed by atoms with Gasteiger partial charge in [0, 0.05) is 13.0 Å². The van der Waals surface area contributed by atoms with Gasteiger partial charge in [0.05, 0.1) is 18.6 Å². The summed E-state index contributed by atoms with van der Waals surface area (Å²) in [4.78, 5) is 14.7. The van der Waals surface area contributed by atoms with Gasteiger partial charge < -0.3 is 13.5 Å². The monoisotopic (exact) mass is 427 g/mol. The minimum Gasteiger partial charge on any atom is -0.467 e. The van der Waals surface area contributed by atoms with Crippen LogP contribution in [0, 0.1) is 0 Å². The maximum Gasteiger partial charge on any atom is 0.308 e. The van der Waals surface area contributed by atoms with Crippen LogP contribution in [-0.2, 0) is 34.4 Å². The molecular formula is C23H25NO5S. The predicted molar refractivity (Wildman–Crippen MR) is 114 cm³/mol. The Balaban J connectivity index is 1.73. The van der Waals surface area contributed by atoms with Crippen LogP contribution in [0.1, 0.15) is 30.2 Å². The van der Waals surface area contributed by atoms with Crippen molar-refractivity contribution in [3.05, 3.63) is 89.9 Å². The van der Waals surface area contributed by atoms with Gasteiger partial charge in [0.1, 0.15) is 11.5 Å². The van der Waals surface area contributed by atoms with E-state index in [2.05, 4.69) is 0 Å². The predicted octanol–water partition coefficient (Wildman–Crippen LogP) is 4.17. The van der Waals surface area contributed by atoms with E-state index in [9.17, 15) is 13.2 Å². The Hall–Kier alpha value is -3.06. The van der Waals surface area contributed by atoms with Gasteiger partial charge in [0.25, 0.3) is 0 Å². The van der Waals surface area contributed by atoms with E-state index in [4.69, 9.17) is 8.60 Å². The van der Waals surface area contributed by atoms with E-state index < -0.39 is 10.1 Å². The minimum absolute atomic E-state index is 0.0113. The number of amides is 1. The van der Waals surface area contributed by atoms with Crippen molar-refractivity contribution >= 4 is 16.0 Å². The molecule has 0 aliphatic rings. The number of nitrogens with zero attached hydrogens (tertiary/aromatic N) is 1. The van der Waals surface area contributed by atoms with E-state index in [0.717, 1.165) is 11.1 Å². The van der Waals surface area contributed by atoms with Gasteiger partial charge >= 0.3 is 10.1 Å². The molecule has 0 spiro atoms. The Bertz CT molecular complexity index is 1050. The zero-order valence-corrected chi connectivity index (χ0v) is 17.7. The van der Waals surface area contributed by atoms with Crippen LogP contribution >= 0.6 is 0 Å². The summed E-state index contributed by atoms with van der Waals surface area (Å²) in [6.45, 7) is 2.17. The van der Waals surface area contributed by atoms with Gasteiger partial charge in [-0.3, -0.25) is 4.79 Å². The summed E-state index contributed by atoms with van der Waals surface area (Å²) in [5.74, 6) is 0.801. The van der Waals surface area contributed by atoms with Crippen LogP contribution in [-0.4, -0.2) is 25.0 Å². The van der Waals surface area contributed by atoms with Crippen molar-refractivity contribution in [1.82, 2.24) is 4.90 Å². The molecule has 0 bridgehead atoms. The summed E-state index contributed by atoms with van der Waals surface area (Å²) in [6, 6.07) is 20.3. The fraction of sp³-hybridized carbons (Fsp3) is 0.261. The van der Waals surface area contributed by atoms with Crippen LogP contribution in [0.25, 0.3) is 0 Å². The first kappa shape index (κ1) is 21.6. The molecule has 0 radical (unpaired) electrons. The summed E-state index contributed by atoms with van der Waals surface area (Å²) in [7, 11) is -3.61. The van der Waals surface area contributed by atoms with Crippen LogP contribution in [0.4, 0.5) is 0 Å². The molecule has 1 amide bonds. The molecule has 0 N–H and O–H groups in total. The Morgan fingerprint density at radius 1 is 0.967 bits per heavy atom. The molecule has 158 valence electrons. The first-order chi connectivity index (χ1) is 14.4. The Morgan fingerprint density at radius 3 is 2.43 bits per heavy atom. The molecule has 7 heteroatoms. The van der Waals surface area contributed by atoms with Crippen LogP contribution < -0.4 is 4.18 Å². The zero-order chi connectivity index (χ0) is 21.4. The lowest BCUT2D eigenvalue weighted by molar-refractivity contribution is -0.132. The second-order valence-corrected chi connectivity index (χ2v) is 8.75. The Labute approximate surface area is 177 Å². The molecule has 2 aromatic carbocycles. The Morgan fingerprint density at radius 2 is 1.73 bits per heavy atom. The normalized spacial score (nSPS) is 11.2. The number of carbonyl (C=O) groups is 1. The first-order valence-electron chi connectivity index (χ1n) is 9.80. The first-order valence-corrected chi connectivity index (χ1v) is 11.4. The number of carbonyl (C=O) groups excluding carboxylic acids is 1. The molecule has 0 aliphatic carbocycles. The second kappa shape index (κ2) is 10.1. The fourth-order valence-electron chi connectivity index (χ4n) is 3.00. The van der Waals surface area contributed by atoms with Gasteiger partial charge in [-0.25, -0.2) is 0 Å². The second-order valence-electron chi connectivity index (χ2n) is 6.89. The summed E-state index contributed by atoms with van der Waals surface area (Å²) in [5.41, 5.74) is 1.88. The van der Waals surface area contributed by atoms with Gasteiger partial charge in [0.2, 0.25) is 5.91 Å². The third-order valence-electron chi connectivity index (χ3n) is 4.60. The lowest BCUT2D eigenvalue weighted by Gasteiger charge is -2.22. The van der Waals surface area contributed by atoms with E-state index in [0.29, 0.717) is 31.7 Å². The average molecular weight is 428 g/mol. The highest BCUT2D eigenvalue weighted by Gasteiger charge is 2.17. The van der Waals surface area contributed by atoms with Crippen molar-refractivity contribution in [1.29, 1.82) is 0 Å². The Kier molecular flexibility index (Phi) is 7.30. The molecule has 6 nitrogen and oxygen atoms in total. The fourth-order valence-corrected chi connectivity index (χ4v) is 3.51. The standard InChI is InChI=1S/C23H25NO5S/c1-2-30(26,27)29-21-11-6-10-20(16-21)17-24(18-22-12-7-15-28-22)23(25)14-13-19-8-4-3-5-9-19/h3-12,15-16H,2,13-14,17-18H2,1H3. The number of furan rings is 1. The highest BCUT2D eigenvalue weighted by molar-refractivity contribution is 7.87. The quantitative estimate of drug-likeness (QED) is 0.454. The maximum atomic E-state index is 13.0. The molecule has 3 aromatic rings. The number of aryl methyl sites for hydroxylation is 1. The van der Waals surface area contributed by atoms with Gasteiger partial charge in [0.15, 0.2) is 0 Å². The highest BCUT2D eigenvalue weighted by atomic mass is 32.2. The zero-order valence-electron chi connectivity index (χ0n) is 16.9. The van der Waals surface area contributed by atoms with Crippen molar-refractivity contribution in [3.8, 4) is 5.75 Å². The van der Waals surface area contributed by atoms with Crippen molar-refractivity contribution in [2.24, 2.45) is 0 Å². The van der Waals surface area contributed by atoms with Crippen molar-refractivity contribution in [2.75, 3.05) is 5.75 Å². The molecule has 0 fully saturated rings. The molecular weight excluding hydrogens is 402 g/mol. The van der Waals surface area contributed by atoms with Crippen LogP contribution in [0.3, 0.4) is 0 Å². The summed E-state index contributed by atoms with van der Waals surface area (Å²) in [5, 5.41) is 0.